The third-order valence-corrected chi connectivity index (χ3v) is 3.80. The van der Waals surface area contributed by atoms with Gasteiger partial charge in [-0.2, -0.15) is 0 Å². The maximum Gasteiger partial charge on any atom is 0.0462 e. The second-order valence-electron chi connectivity index (χ2n) is 4.37. The van der Waals surface area contributed by atoms with Gasteiger partial charge in [0.15, 0.2) is 0 Å². The van der Waals surface area contributed by atoms with Gasteiger partial charge in [-0.3, -0.25) is 4.90 Å². The van der Waals surface area contributed by atoms with E-state index in [1.165, 1.54) is 12.0 Å². The molecule has 96 valence electrons. The summed E-state index contributed by atoms with van der Waals surface area (Å²) in [6, 6.07) is 6.38. The fraction of sp³-hybridized carbons (Fsp3) is 0.500. The molecule has 1 saturated heterocycles. The van der Waals surface area contributed by atoms with Crippen molar-refractivity contribution in [3.63, 3.8) is 0 Å². The molecule has 17 heavy (non-hydrogen) atoms. The quantitative estimate of drug-likeness (QED) is 0.894. The lowest BCUT2D eigenvalue weighted by atomic mass is 10.1. The number of hydrogen-bond donors (Lipinski definition) is 1. The molecule has 1 aromatic rings. The van der Waals surface area contributed by atoms with Gasteiger partial charge in [0.05, 0.1) is 0 Å². The summed E-state index contributed by atoms with van der Waals surface area (Å²) in [6.07, 6.45) is 2.33. The van der Waals surface area contributed by atoms with E-state index in [0.29, 0.717) is 6.04 Å². The Balaban J connectivity index is 0.00000144. The summed E-state index contributed by atoms with van der Waals surface area (Å²) >= 11 is 9.61. The Morgan fingerprint density at radius 2 is 2.24 bits per heavy atom. The maximum atomic E-state index is 6.20. The first-order valence-electron chi connectivity index (χ1n) is 5.57. The molecule has 2 nitrogen and oxygen atoms in total. The molecule has 1 aliphatic rings. The van der Waals surface area contributed by atoms with Crippen LogP contribution in [0, 0.1) is 0 Å². The summed E-state index contributed by atoms with van der Waals surface area (Å²) in [5.41, 5.74) is 7.14. The number of hydrogen-bond acceptors (Lipinski definition) is 2. The van der Waals surface area contributed by atoms with Crippen molar-refractivity contribution >= 4 is 39.9 Å². The Labute approximate surface area is 122 Å². The van der Waals surface area contributed by atoms with E-state index in [1.54, 1.807) is 0 Å². The van der Waals surface area contributed by atoms with Crippen LogP contribution in [0.15, 0.2) is 22.7 Å². The first kappa shape index (κ1) is 15.3. The molecule has 0 bridgehead atoms. The molecule has 2 N–H and O–H groups in total. The fourth-order valence-corrected chi connectivity index (χ4v) is 2.86. The van der Waals surface area contributed by atoms with Gasteiger partial charge in [-0.25, -0.2) is 0 Å². The number of benzene rings is 1. The molecular formula is C12H17BrCl2N2. The van der Waals surface area contributed by atoms with Crippen LogP contribution in [0.3, 0.4) is 0 Å². The van der Waals surface area contributed by atoms with Crippen LogP contribution in [-0.4, -0.2) is 24.0 Å². The van der Waals surface area contributed by atoms with E-state index in [2.05, 4.69) is 26.9 Å². The van der Waals surface area contributed by atoms with Crippen LogP contribution >= 0.6 is 39.9 Å². The third kappa shape index (κ3) is 4.42. The summed E-state index contributed by atoms with van der Waals surface area (Å²) in [6.45, 7) is 3.01. The van der Waals surface area contributed by atoms with Crippen molar-refractivity contribution in [2.75, 3.05) is 13.1 Å². The predicted molar refractivity (Wildman–Crippen MR) is 78.9 cm³/mol. The highest BCUT2D eigenvalue weighted by molar-refractivity contribution is 9.10. The lowest BCUT2D eigenvalue weighted by Gasteiger charge is -2.30. The first-order valence-corrected chi connectivity index (χ1v) is 6.74. The minimum absolute atomic E-state index is 0. The molecular weight excluding hydrogens is 323 g/mol. The number of rotatable bonds is 2. The van der Waals surface area contributed by atoms with E-state index in [1.807, 2.05) is 12.1 Å². The summed E-state index contributed by atoms with van der Waals surface area (Å²) in [5.74, 6) is 0. The molecule has 0 aliphatic carbocycles. The van der Waals surface area contributed by atoms with Gasteiger partial charge < -0.3 is 5.73 Å². The normalized spacial score (nSPS) is 21.0. The minimum Gasteiger partial charge on any atom is -0.327 e. The van der Waals surface area contributed by atoms with Crippen molar-refractivity contribution < 1.29 is 0 Å². The molecule has 1 aliphatic heterocycles. The lowest BCUT2D eigenvalue weighted by Crippen LogP contribution is -2.42. The fourth-order valence-electron chi connectivity index (χ4n) is 2.13. The van der Waals surface area contributed by atoms with Gasteiger partial charge in [-0.15, -0.1) is 12.4 Å². The number of piperidine rings is 1. The van der Waals surface area contributed by atoms with Crippen molar-refractivity contribution in [2.45, 2.75) is 25.4 Å². The average Bonchev–Trinajstić information content (AvgIpc) is 2.22. The number of nitrogens with zero attached hydrogens (tertiary/aromatic N) is 1. The average molecular weight is 340 g/mol. The molecule has 1 unspecified atom stereocenters. The van der Waals surface area contributed by atoms with Crippen molar-refractivity contribution in [3.05, 3.63) is 33.3 Å². The summed E-state index contributed by atoms with van der Waals surface area (Å²) in [5, 5.41) is 0.827. The van der Waals surface area contributed by atoms with Crippen molar-refractivity contribution in [2.24, 2.45) is 5.73 Å². The summed E-state index contributed by atoms with van der Waals surface area (Å²) < 4.78 is 1.02. The highest BCUT2D eigenvalue weighted by atomic mass is 79.9. The van der Waals surface area contributed by atoms with E-state index < -0.39 is 0 Å². The van der Waals surface area contributed by atoms with Crippen molar-refractivity contribution in [1.82, 2.24) is 4.90 Å². The van der Waals surface area contributed by atoms with Gasteiger partial charge >= 0.3 is 0 Å². The molecule has 1 aromatic carbocycles. The van der Waals surface area contributed by atoms with Crippen LogP contribution in [0.25, 0.3) is 0 Å². The first-order chi connectivity index (χ1) is 7.65. The number of halogens is 3. The van der Waals surface area contributed by atoms with Gasteiger partial charge in [-0.05, 0) is 37.1 Å². The molecule has 0 amide bonds. The van der Waals surface area contributed by atoms with E-state index in [4.69, 9.17) is 17.3 Å². The van der Waals surface area contributed by atoms with Gasteiger partial charge in [-0.1, -0.05) is 33.6 Å². The van der Waals surface area contributed by atoms with Crippen LogP contribution in [0.4, 0.5) is 0 Å². The SMILES string of the molecule is Cl.NC1CCCN(Cc2ccc(Br)cc2Cl)C1. The Morgan fingerprint density at radius 3 is 2.88 bits per heavy atom. The molecule has 1 fully saturated rings. The summed E-state index contributed by atoms with van der Waals surface area (Å²) in [4.78, 5) is 2.38. The van der Waals surface area contributed by atoms with E-state index >= 15 is 0 Å². The molecule has 0 spiro atoms. The Morgan fingerprint density at radius 1 is 1.47 bits per heavy atom. The van der Waals surface area contributed by atoms with Crippen molar-refractivity contribution in [1.29, 1.82) is 0 Å². The molecule has 0 saturated carbocycles. The molecule has 2 rings (SSSR count). The zero-order valence-electron chi connectivity index (χ0n) is 9.53. The lowest BCUT2D eigenvalue weighted by molar-refractivity contribution is 0.201. The van der Waals surface area contributed by atoms with Crippen LogP contribution < -0.4 is 5.73 Å². The molecule has 1 atom stereocenters. The maximum absolute atomic E-state index is 6.20. The van der Waals surface area contributed by atoms with Crippen molar-refractivity contribution in [3.8, 4) is 0 Å². The Kier molecular flexibility index (Phi) is 6.24. The van der Waals surface area contributed by atoms with Gasteiger partial charge in [0.2, 0.25) is 0 Å². The minimum atomic E-state index is 0. The highest BCUT2D eigenvalue weighted by Crippen LogP contribution is 2.23. The van der Waals surface area contributed by atoms with Crippen LogP contribution in [0.1, 0.15) is 18.4 Å². The third-order valence-electron chi connectivity index (χ3n) is 2.95. The van der Waals surface area contributed by atoms with Crippen LogP contribution in [0.5, 0.6) is 0 Å². The molecule has 5 heteroatoms. The van der Waals surface area contributed by atoms with Crippen LogP contribution in [-0.2, 0) is 6.54 Å². The standard InChI is InChI=1S/C12H16BrClN2.ClH/c13-10-4-3-9(12(14)6-10)7-16-5-1-2-11(15)8-16;/h3-4,6,11H,1-2,5,7-8,15H2;1H. The van der Waals surface area contributed by atoms with E-state index in [9.17, 15) is 0 Å². The molecule has 0 radical (unpaired) electrons. The molecule has 0 aromatic heterocycles. The second kappa shape index (κ2) is 6.95. The number of likely N-dealkylation sites (tertiary alicyclic amines) is 1. The molecule has 1 heterocycles. The van der Waals surface area contributed by atoms with E-state index in [-0.39, 0.29) is 12.4 Å². The van der Waals surface area contributed by atoms with E-state index in [0.717, 1.165) is 35.6 Å². The topological polar surface area (TPSA) is 29.3 Å². The van der Waals surface area contributed by atoms with Crippen LogP contribution in [0.2, 0.25) is 5.02 Å². The van der Waals surface area contributed by atoms with Gasteiger partial charge in [0.25, 0.3) is 0 Å². The number of nitrogens with two attached hydrogens (primary N) is 1. The zero-order valence-corrected chi connectivity index (χ0v) is 12.7. The Hall–Kier alpha value is 0.200. The smallest absolute Gasteiger partial charge is 0.0462 e. The Bertz CT molecular complexity index is 374. The second-order valence-corrected chi connectivity index (χ2v) is 5.70. The predicted octanol–water partition coefficient (Wildman–Crippen LogP) is 3.45. The highest BCUT2D eigenvalue weighted by Gasteiger charge is 2.17. The monoisotopic (exact) mass is 338 g/mol. The van der Waals surface area contributed by atoms with Gasteiger partial charge in [0, 0.05) is 28.6 Å². The zero-order chi connectivity index (χ0) is 11.5. The largest absolute Gasteiger partial charge is 0.327 e. The summed E-state index contributed by atoms with van der Waals surface area (Å²) in [7, 11) is 0. The van der Waals surface area contributed by atoms with Gasteiger partial charge in [0.1, 0.15) is 0 Å².